The molecule has 1 saturated heterocycles. The highest BCUT2D eigenvalue weighted by atomic mass is 35.5. The minimum Gasteiger partial charge on any atom is -0.312 e. The Labute approximate surface area is 120 Å². The van der Waals surface area contributed by atoms with Gasteiger partial charge in [-0.25, -0.2) is 0 Å². The zero-order valence-corrected chi connectivity index (χ0v) is 12.8. The molecule has 2 rings (SSSR count). The molecule has 0 aromatic heterocycles. The summed E-state index contributed by atoms with van der Waals surface area (Å²) in [5, 5.41) is 4.54. The SMILES string of the molecule is CC1(C)CCSCC1NCCc1ccc(Cl)cc1. The lowest BCUT2D eigenvalue weighted by Gasteiger charge is -2.39. The van der Waals surface area contributed by atoms with E-state index in [0.29, 0.717) is 11.5 Å². The predicted octanol–water partition coefficient (Wildman–Crippen LogP) is 4.00. The molecule has 1 aromatic rings. The van der Waals surface area contributed by atoms with Crippen molar-refractivity contribution in [2.24, 2.45) is 5.41 Å². The van der Waals surface area contributed by atoms with Crippen molar-refractivity contribution in [1.82, 2.24) is 5.32 Å². The maximum absolute atomic E-state index is 5.89. The summed E-state index contributed by atoms with van der Waals surface area (Å²) in [6, 6.07) is 8.81. The number of hydrogen-bond donors (Lipinski definition) is 1. The summed E-state index contributed by atoms with van der Waals surface area (Å²) in [6.07, 6.45) is 2.39. The second-order valence-electron chi connectivity index (χ2n) is 5.70. The lowest BCUT2D eigenvalue weighted by molar-refractivity contribution is 0.247. The van der Waals surface area contributed by atoms with E-state index < -0.39 is 0 Å². The number of benzene rings is 1. The molecule has 0 radical (unpaired) electrons. The molecule has 0 spiro atoms. The van der Waals surface area contributed by atoms with Gasteiger partial charge < -0.3 is 5.32 Å². The summed E-state index contributed by atoms with van der Waals surface area (Å²) in [5.74, 6) is 2.55. The number of halogens is 1. The van der Waals surface area contributed by atoms with Crippen LogP contribution in [0.5, 0.6) is 0 Å². The first kappa shape index (κ1) is 14.2. The fourth-order valence-corrected chi connectivity index (χ4v) is 4.08. The Morgan fingerprint density at radius 2 is 2.06 bits per heavy atom. The van der Waals surface area contributed by atoms with E-state index in [4.69, 9.17) is 11.6 Å². The highest BCUT2D eigenvalue weighted by molar-refractivity contribution is 7.99. The third kappa shape index (κ3) is 3.91. The Bertz CT molecular complexity index is 375. The average Bonchev–Trinajstić information content (AvgIpc) is 2.33. The van der Waals surface area contributed by atoms with Crippen LogP contribution in [0.1, 0.15) is 25.8 Å². The van der Waals surface area contributed by atoms with E-state index in [1.54, 1.807) is 0 Å². The van der Waals surface area contributed by atoms with Crippen LogP contribution in [0.3, 0.4) is 0 Å². The van der Waals surface area contributed by atoms with Gasteiger partial charge in [-0.2, -0.15) is 11.8 Å². The van der Waals surface area contributed by atoms with Gasteiger partial charge in [0.1, 0.15) is 0 Å². The van der Waals surface area contributed by atoms with Gasteiger partial charge in [-0.3, -0.25) is 0 Å². The minimum absolute atomic E-state index is 0.436. The molecule has 3 heteroatoms. The van der Waals surface area contributed by atoms with Gasteiger partial charge >= 0.3 is 0 Å². The molecule has 0 bridgehead atoms. The normalized spacial score (nSPS) is 22.9. The quantitative estimate of drug-likeness (QED) is 0.896. The summed E-state index contributed by atoms with van der Waals surface area (Å²) in [5.41, 5.74) is 1.79. The second kappa shape index (κ2) is 6.31. The van der Waals surface area contributed by atoms with Crippen molar-refractivity contribution in [3.05, 3.63) is 34.9 Å². The predicted molar refractivity (Wildman–Crippen MR) is 82.7 cm³/mol. The summed E-state index contributed by atoms with van der Waals surface area (Å²) in [6.45, 7) is 5.82. The third-order valence-corrected chi connectivity index (χ3v) is 5.15. The van der Waals surface area contributed by atoms with Crippen LogP contribution in [0.15, 0.2) is 24.3 Å². The van der Waals surface area contributed by atoms with Crippen molar-refractivity contribution in [3.63, 3.8) is 0 Å². The molecule has 1 N–H and O–H groups in total. The van der Waals surface area contributed by atoms with Crippen LogP contribution in [-0.2, 0) is 6.42 Å². The third-order valence-electron chi connectivity index (χ3n) is 3.84. The first-order valence-corrected chi connectivity index (χ1v) is 8.17. The fraction of sp³-hybridized carbons (Fsp3) is 0.600. The van der Waals surface area contributed by atoms with E-state index in [-0.39, 0.29) is 0 Å². The van der Waals surface area contributed by atoms with Crippen LogP contribution in [0, 0.1) is 5.41 Å². The van der Waals surface area contributed by atoms with E-state index in [9.17, 15) is 0 Å². The van der Waals surface area contributed by atoms with Crippen molar-refractivity contribution in [2.75, 3.05) is 18.1 Å². The van der Waals surface area contributed by atoms with Crippen molar-refractivity contribution in [3.8, 4) is 0 Å². The van der Waals surface area contributed by atoms with Gasteiger partial charge in [0.15, 0.2) is 0 Å². The van der Waals surface area contributed by atoms with Crippen LogP contribution in [0.2, 0.25) is 5.02 Å². The van der Waals surface area contributed by atoms with Crippen LogP contribution in [-0.4, -0.2) is 24.1 Å². The van der Waals surface area contributed by atoms with E-state index in [2.05, 4.69) is 43.1 Å². The summed E-state index contributed by atoms with van der Waals surface area (Å²) in [4.78, 5) is 0. The van der Waals surface area contributed by atoms with Gasteiger partial charge in [0.05, 0.1) is 0 Å². The molecule has 1 heterocycles. The molecular weight excluding hydrogens is 262 g/mol. The molecule has 1 fully saturated rings. The fourth-order valence-electron chi connectivity index (χ4n) is 2.31. The van der Waals surface area contributed by atoms with E-state index in [1.165, 1.54) is 23.5 Å². The van der Waals surface area contributed by atoms with E-state index in [1.807, 2.05) is 12.1 Å². The minimum atomic E-state index is 0.436. The molecule has 1 aliphatic heterocycles. The summed E-state index contributed by atoms with van der Waals surface area (Å²) >= 11 is 7.96. The average molecular weight is 284 g/mol. The topological polar surface area (TPSA) is 12.0 Å². The molecule has 18 heavy (non-hydrogen) atoms. The molecule has 1 nitrogen and oxygen atoms in total. The molecule has 1 aliphatic rings. The van der Waals surface area contributed by atoms with Gasteiger partial charge in [0.2, 0.25) is 0 Å². The molecule has 1 aromatic carbocycles. The highest BCUT2D eigenvalue weighted by Crippen LogP contribution is 2.34. The Kier molecular flexibility index (Phi) is 4.99. The van der Waals surface area contributed by atoms with Crippen LogP contribution in [0.4, 0.5) is 0 Å². The number of nitrogens with one attached hydrogen (secondary N) is 1. The monoisotopic (exact) mass is 283 g/mol. The van der Waals surface area contributed by atoms with E-state index >= 15 is 0 Å². The lowest BCUT2D eigenvalue weighted by Crippen LogP contribution is -2.47. The molecule has 1 unspecified atom stereocenters. The Hall–Kier alpha value is -0.180. The molecule has 0 amide bonds. The maximum Gasteiger partial charge on any atom is 0.0406 e. The molecule has 1 atom stereocenters. The van der Waals surface area contributed by atoms with Crippen LogP contribution in [0.25, 0.3) is 0 Å². The Balaban J connectivity index is 1.79. The van der Waals surface area contributed by atoms with Gasteiger partial charge in [0.25, 0.3) is 0 Å². The smallest absolute Gasteiger partial charge is 0.0406 e. The summed E-state index contributed by atoms with van der Waals surface area (Å²) in [7, 11) is 0. The second-order valence-corrected chi connectivity index (χ2v) is 7.28. The molecule has 0 aliphatic carbocycles. The van der Waals surface area contributed by atoms with Crippen LogP contribution >= 0.6 is 23.4 Å². The van der Waals surface area contributed by atoms with Gasteiger partial charge in [-0.15, -0.1) is 0 Å². The largest absolute Gasteiger partial charge is 0.312 e. The lowest BCUT2D eigenvalue weighted by atomic mass is 9.82. The Morgan fingerprint density at radius 1 is 1.33 bits per heavy atom. The summed E-state index contributed by atoms with van der Waals surface area (Å²) < 4.78 is 0. The van der Waals surface area contributed by atoms with Gasteiger partial charge in [-0.05, 0) is 48.3 Å². The molecule has 100 valence electrons. The number of thioether (sulfide) groups is 1. The van der Waals surface area contributed by atoms with Crippen LogP contribution < -0.4 is 5.32 Å². The first-order chi connectivity index (χ1) is 8.58. The number of rotatable bonds is 4. The van der Waals surface area contributed by atoms with Gasteiger partial charge in [0, 0.05) is 16.8 Å². The van der Waals surface area contributed by atoms with Crippen molar-refractivity contribution in [1.29, 1.82) is 0 Å². The highest BCUT2D eigenvalue weighted by Gasteiger charge is 2.31. The molecular formula is C15H22ClNS. The van der Waals surface area contributed by atoms with Crippen molar-refractivity contribution < 1.29 is 0 Å². The first-order valence-electron chi connectivity index (χ1n) is 6.63. The van der Waals surface area contributed by atoms with Crippen molar-refractivity contribution >= 4 is 23.4 Å². The van der Waals surface area contributed by atoms with Crippen molar-refractivity contribution in [2.45, 2.75) is 32.7 Å². The maximum atomic E-state index is 5.89. The number of hydrogen-bond acceptors (Lipinski definition) is 2. The van der Waals surface area contributed by atoms with Gasteiger partial charge in [-0.1, -0.05) is 37.6 Å². The molecule has 0 saturated carbocycles. The Morgan fingerprint density at radius 3 is 2.72 bits per heavy atom. The van der Waals surface area contributed by atoms with E-state index in [0.717, 1.165) is 18.0 Å². The zero-order chi connectivity index (χ0) is 13.0. The standard InChI is InChI=1S/C15H22ClNS/c1-15(2)8-10-18-11-14(15)17-9-7-12-3-5-13(16)6-4-12/h3-6,14,17H,7-11H2,1-2H3. The zero-order valence-electron chi connectivity index (χ0n) is 11.2.